The van der Waals surface area contributed by atoms with Crippen LogP contribution in [0.4, 0.5) is 4.39 Å². The molecule has 2 atom stereocenters. The molecule has 1 rings (SSSR count). The van der Waals surface area contributed by atoms with E-state index in [1.54, 1.807) is 0 Å². The van der Waals surface area contributed by atoms with Gasteiger partial charge in [0.05, 0.1) is 12.1 Å². The molecule has 0 radical (unpaired) electrons. The van der Waals surface area contributed by atoms with Gasteiger partial charge in [-0.3, -0.25) is 11.3 Å². The van der Waals surface area contributed by atoms with E-state index >= 15 is 0 Å². The molecule has 0 saturated heterocycles. The highest BCUT2D eigenvalue weighted by molar-refractivity contribution is 9.10. The summed E-state index contributed by atoms with van der Waals surface area (Å²) in [5, 5.41) is 0. The SMILES string of the molecule is CCOC(C(Cc1cc(F)cc(Br)c1)NN)C(C)(C)C. The van der Waals surface area contributed by atoms with Gasteiger partial charge in [-0.25, -0.2) is 4.39 Å². The van der Waals surface area contributed by atoms with Crippen molar-refractivity contribution < 1.29 is 9.13 Å². The average Bonchev–Trinajstić information content (AvgIpc) is 2.31. The third kappa shape index (κ3) is 5.13. The van der Waals surface area contributed by atoms with Crippen LogP contribution in [0.2, 0.25) is 0 Å². The number of rotatable bonds is 6. The third-order valence-electron chi connectivity index (χ3n) is 3.16. The second-order valence-electron chi connectivity index (χ2n) is 6.00. The van der Waals surface area contributed by atoms with Crippen molar-refractivity contribution in [2.45, 2.75) is 46.3 Å². The minimum atomic E-state index is -0.256. The monoisotopic (exact) mass is 346 g/mol. The van der Waals surface area contributed by atoms with Crippen molar-refractivity contribution in [2.24, 2.45) is 11.3 Å². The number of hydrogen-bond acceptors (Lipinski definition) is 3. The van der Waals surface area contributed by atoms with E-state index in [0.717, 1.165) is 10.0 Å². The fourth-order valence-corrected chi connectivity index (χ4v) is 2.90. The van der Waals surface area contributed by atoms with E-state index in [1.807, 2.05) is 13.0 Å². The van der Waals surface area contributed by atoms with Crippen LogP contribution in [-0.2, 0) is 11.2 Å². The first-order chi connectivity index (χ1) is 9.27. The van der Waals surface area contributed by atoms with Crippen molar-refractivity contribution in [2.75, 3.05) is 6.61 Å². The van der Waals surface area contributed by atoms with Gasteiger partial charge in [-0.1, -0.05) is 36.7 Å². The van der Waals surface area contributed by atoms with Gasteiger partial charge in [-0.15, -0.1) is 0 Å². The van der Waals surface area contributed by atoms with Gasteiger partial charge in [0, 0.05) is 11.1 Å². The highest BCUT2D eigenvalue weighted by atomic mass is 79.9. The Morgan fingerprint density at radius 2 is 2.00 bits per heavy atom. The summed E-state index contributed by atoms with van der Waals surface area (Å²) in [4.78, 5) is 0. The highest BCUT2D eigenvalue weighted by Crippen LogP contribution is 2.27. The fraction of sp³-hybridized carbons (Fsp3) is 0.600. The Labute approximate surface area is 129 Å². The molecule has 0 aliphatic rings. The number of ether oxygens (including phenoxy) is 1. The first kappa shape index (κ1) is 17.6. The maximum Gasteiger partial charge on any atom is 0.124 e. The van der Waals surface area contributed by atoms with Crippen LogP contribution in [0.5, 0.6) is 0 Å². The molecule has 0 amide bonds. The van der Waals surface area contributed by atoms with Crippen LogP contribution < -0.4 is 11.3 Å². The molecule has 0 aliphatic heterocycles. The van der Waals surface area contributed by atoms with Gasteiger partial charge < -0.3 is 4.74 Å². The van der Waals surface area contributed by atoms with Crippen LogP contribution in [0.15, 0.2) is 22.7 Å². The molecule has 0 spiro atoms. The van der Waals surface area contributed by atoms with E-state index in [2.05, 4.69) is 42.1 Å². The lowest BCUT2D eigenvalue weighted by atomic mass is 9.82. The number of hydrogen-bond donors (Lipinski definition) is 2. The van der Waals surface area contributed by atoms with Gasteiger partial charge in [0.25, 0.3) is 0 Å². The van der Waals surface area contributed by atoms with Gasteiger partial charge in [0.1, 0.15) is 5.82 Å². The van der Waals surface area contributed by atoms with Gasteiger partial charge in [0.15, 0.2) is 0 Å². The largest absolute Gasteiger partial charge is 0.376 e. The predicted molar refractivity (Wildman–Crippen MR) is 83.8 cm³/mol. The Morgan fingerprint density at radius 3 is 2.45 bits per heavy atom. The molecule has 0 fully saturated rings. The molecule has 2 unspecified atom stereocenters. The van der Waals surface area contributed by atoms with Gasteiger partial charge >= 0.3 is 0 Å². The minimum Gasteiger partial charge on any atom is -0.376 e. The van der Waals surface area contributed by atoms with Crippen LogP contribution in [0.25, 0.3) is 0 Å². The lowest BCUT2D eigenvalue weighted by molar-refractivity contribution is -0.0356. The predicted octanol–water partition coefficient (Wildman–Crippen LogP) is 3.41. The number of nitrogens with one attached hydrogen (secondary N) is 1. The molecule has 0 saturated carbocycles. The van der Waals surface area contributed by atoms with Gasteiger partial charge in [-0.2, -0.15) is 0 Å². The first-order valence-electron chi connectivity index (χ1n) is 6.80. The molecule has 3 nitrogen and oxygen atoms in total. The average molecular weight is 347 g/mol. The standard InChI is InChI=1S/C15H24BrFN2O/c1-5-20-14(15(2,3)4)13(19-18)8-10-6-11(16)9-12(17)7-10/h6-7,9,13-14,19H,5,8,18H2,1-4H3. The molecule has 1 aromatic carbocycles. The van der Waals surface area contributed by atoms with Crippen molar-refractivity contribution >= 4 is 15.9 Å². The summed E-state index contributed by atoms with van der Waals surface area (Å²) in [6.07, 6.45) is 0.550. The van der Waals surface area contributed by atoms with E-state index in [-0.39, 0.29) is 23.4 Å². The normalized spacial score (nSPS) is 15.2. The fourth-order valence-electron chi connectivity index (χ4n) is 2.39. The molecular weight excluding hydrogens is 323 g/mol. The topological polar surface area (TPSA) is 47.3 Å². The maximum atomic E-state index is 13.5. The molecule has 114 valence electrons. The lowest BCUT2D eigenvalue weighted by Crippen LogP contribution is -2.52. The Kier molecular flexibility index (Phi) is 6.58. The van der Waals surface area contributed by atoms with E-state index in [4.69, 9.17) is 10.6 Å². The molecule has 5 heteroatoms. The second-order valence-corrected chi connectivity index (χ2v) is 6.91. The Morgan fingerprint density at radius 1 is 1.35 bits per heavy atom. The van der Waals surface area contributed by atoms with Crippen LogP contribution in [-0.4, -0.2) is 18.8 Å². The molecule has 0 aromatic heterocycles. The zero-order valence-electron chi connectivity index (χ0n) is 12.5. The van der Waals surface area contributed by atoms with E-state index in [1.165, 1.54) is 12.1 Å². The summed E-state index contributed by atoms with van der Waals surface area (Å²) in [5.74, 6) is 5.43. The van der Waals surface area contributed by atoms with Crippen molar-refractivity contribution in [3.8, 4) is 0 Å². The van der Waals surface area contributed by atoms with E-state index < -0.39 is 0 Å². The summed E-state index contributed by atoms with van der Waals surface area (Å²) < 4.78 is 20.0. The Hall–Kier alpha value is -0.490. The van der Waals surface area contributed by atoms with Gasteiger partial charge in [0.2, 0.25) is 0 Å². The first-order valence-corrected chi connectivity index (χ1v) is 7.60. The smallest absolute Gasteiger partial charge is 0.124 e. The summed E-state index contributed by atoms with van der Waals surface area (Å²) >= 11 is 3.31. The van der Waals surface area contributed by atoms with E-state index in [0.29, 0.717) is 13.0 Å². The molecule has 20 heavy (non-hydrogen) atoms. The second kappa shape index (κ2) is 7.50. The van der Waals surface area contributed by atoms with E-state index in [9.17, 15) is 4.39 Å². The quantitative estimate of drug-likeness (QED) is 0.612. The minimum absolute atomic E-state index is 0.0560. The van der Waals surface area contributed by atoms with Crippen molar-refractivity contribution in [1.29, 1.82) is 0 Å². The summed E-state index contributed by atoms with van der Waals surface area (Å²) in [5.41, 5.74) is 3.64. The third-order valence-corrected chi connectivity index (χ3v) is 3.62. The summed E-state index contributed by atoms with van der Waals surface area (Å²) in [6.45, 7) is 8.91. The van der Waals surface area contributed by atoms with Crippen molar-refractivity contribution in [1.82, 2.24) is 5.43 Å². The van der Waals surface area contributed by atoms with Crippen LogP contribution in [0.3, 0.4) is 0 Å². The number of halogens is 2. The molecule has 1 aromatic rings. The zero-order valence-corrected chi connectivity index (χ0v) is 14.1. The Bertz CT molecular complexity index is 414. The van der Waals surface area contributed by atoms with Crippen LogP contribution >= 0.6 is 15.9 Å². The highest BCUT2D eigenvalue weighted by Gasteiger charge is 2.32. The van der Waals surface area contributed by atoms with Crippen LogP contribution in [0.1, 0.15) is 33.3 Å². The number of hydrazine groups is 1. The summed E-state index contributed by atoms with van der Waals surface area (Å²) in [6, 6.07) is 4.79. The maximum absolute atomic E-state index is 13.5. The Balaban J connectivity index is 2.93. The molecule has 0 aliphatic carbocycles. The lowest BCUT2D eigenvalue weighted by Gasteiger charge is -2.36. The molecule has 0 heterocycles. The van der Waals surface area contributed by atoms with Crippen LogP contribution in [0, 0.1) is 11.2 Å². The van der Waals surface area contributed by atoms with Crippen molar-refractivity contribution in [3.63, 3.8) is 0 Å². The molecular formula is C15H24BrFN2O. The summed E-state index contributed by atoms with van der Waals surface area (Å²) in [7, 11) is 0. The number of nitrogens with two attached hydrogens (primary N) is 1. The zero-order chi connectivity index (χ0) is 15.3. The number of benzene rings is 1. The molecule has 0 bridgehead atoms. The van der Waals surface area contributed by atoms with Crippen molar-refractivity contribution in [3.05, 3.63) is 34.1 Å². The van der Waals surface area contributed by atoms with Gasteiger partial charge in [-0.05, 0) is 42.5 Å². The molecule has 3 N–H and O–H groups in total.